The Bertz CT molecular complexity index is 965. The normalized spacial score (nSPS) is 10.0. The summed E-state index contributed by atoms with van der Waals surface area (Å²) < 4.78 is 15.7. The van der Waals surface area contributed by atoms with E-state index >= 15 is 0 Å². The van der Waals surface area contributed by atoms with Gasteiger partial charge in [-0.25, -0.2) is 0 Å². The molecule has 0 aliphatic carbocycles. The second-order valence-electron chi connectivity index (χ2n) is 5.81. The van der Waals surface area contributed by atoms with Gasteiger partial charge in [-0.3, -0.25) is 10.9 Å². The van der Waals surface area contributed by atoms with Gasteiger partial charge in [0.25, 0.3) is 0 Å². The largest absolute Gasteiger partial charge is 0.497 e. The first-order valence-corrected chi connectivity index (χ1v) is 9.07. The first kappa shape index (κ1) is 20.2. The molecule has 0 aliphatic heterocycles. The molecule has 0 unspecified atom stereocenters. The van der Waals surface area contributed by atoms with Crippen molar-refractivity contribution in [3.63, 3.8) is 0 Å². The van der Waals surface area contributed by atoms with Crippen LogP contribution >= 0.6 is 12.2 Å². The van der Waals surface area contributed by atoms with Crippen LogP contribution in [0.4, 0.5) is 11.5 Å². The van der Waals surface area contributed by atoms with E-state index in [0.29, 0.717) is 28.1 Å². The number of hydrazine groups is 1. The minimum atomic E-state index is 0.390. The maximum Gasteiger partial charge on any atom is 0.189 e. The number of nitrogens with one attached hydrogen (secondary N) is 3. The Balaban J connectivity index is 1.58. The van der Waals surface area contributed by atoms with Gasteiger partial charge in [-0.05, 0) is 66.8 Å². The smallest absolute Gasteiger partial charge is 0.189 e. The minimum absolute atomic E-state index is 0.390. The van der Waals surface area contributed by atoms with Crippen molar-refractivity contribution in [3.05, 3.63) is 54.6 Å². The van der Waals surface area contributed by atoms with E-state index in [1.807, 2.05) is 48.5 Å². The molecular weight excluding hydrogens is 390 g/mol. The van der Waals surface area contributed by atoms with Crippen LogP contribution in [0.2, 0.25) is 0 Å². The van der Waals surface area contributed by atoms with Crippen molar-refractivity contribution in [2.24, 2.45) is 0 Å². The van der Waals surface area contributed by atoms with Gasteiger partial charge in [-0.2, -0.15) is 0 Å². The molecule has 0 radical (unpaired) electrons. The zero-order valence-corrected chi connectivity index (χ0v) is 17.0. The molecule has 3 rings (SSSR count). The number of aromatic nitrogens is 2. The van der Waals surface area contributed by atoms with E-state index < -0.39 is 0 Å². The fourth-order valence-electron chi connectivity index (χ4n) is 2.51. The Morgan fingerprint density at radius 3 is 2.21 bits per heavy atom. The standard InChI is InChI=1S/C20H21N5O3S/c1-26-15-7-5-14(6-8-15)21-20(29)25-24-19-11-9-16(22-23-19)13-4-10-17(27-2)18(12-13)28-3/h4-12H,1-3H3,(H,23,24)(H2,21,25,29). The maximum atomic E-state index is 5.32. The predicted molar refractivity (Wildman–Crippen MR) is 117 cm³/mol. The van der Waals surface area contributed by atoms with E-state index in [-0.39, 0.29) is 0 Å². The molecule has 0 saturated carbocycles. The van der Waals surface area contributed by atoms with E-state index in [9.17, 15) is 0 Å². The number of hydrogen-bond donors (Lipinski definition) is 3. The van der Waals surface area contributed by atoms with Crippen molar-refractivity contribution < 1.29 is 14.2 Å². The lowest BCUT2D eigenvalue weighted by molar-refractivity contribution is 0.355. The van der Waals surface area contributed by atoms with Gasteiger partial charge in [0, 0.05) is 11.3 Å². The van der Waals surface area contributed by atoms with Crippen molar-refractivity contribution in [1.29, 1.82) is 0 Å². The molecule has 0 spiro atoms. The Hall–Kier alpha value is -3.59. The maximum absolute atomic E-state index is 5.32. The number of thiocarbonyl (C=S) groups is 1. The molecule has 1 aromatic heterocycles. The molecule has 0 aliphatic rings. The highest BCUT2D eigenvalue weighted by Crippen LogP contribution is 2.31. The number of ether oxygens (including phenoxy) is 3. The van der Waals surface area contributed by atoms with E-state index in [1.165, 1.54) is 0 Å². The van der Waals surface area contributed by atoms with E-state index in [2.05, 4.69) is 26.4 Å². The molecule has 29 heavy (non-hydrogen) atoms. The molecule has 9 heteroatoms. The number of rotatable bonds is 7. The van der Waals surface area contributed by atoms with Crippen LogP contribution in [0.25, 0.3) is 11.3 Å². The molecule has 0 saturated heterocycles. The second kappa shape index (κ2) is 9.56. The summed E-state index contributed by atoms with van der Waals surface area (Å²) in [6, 6.07) is 16.6. The van der Waals surface area contributed by atoms with Gasteiger partial charge >= 0.3 is 0 Å². The molecule has 3 N–H and O–H groups in total. The summed E-state index contributed by atoms with van der Waals surface area (Å²) >= 11 is 5.26. The Morgan fingerprint density at radius 1 is 0.828 bits per heavy atom. The summed E-state index contributed by atoms with van der Waals surface area (Å²) in [5.74, 6) is 2.58. The summed E-state index contributed by atoms with van der Waals surface area (Å²) in [5, 5.41) is 11.8. The number of methoxy groups -OCH3 is 3. The number of nitrogens with zero attached hydrogens (tertiary/aromatic N) is 2. The van der Waals surface area contributed by atoms with Crippen molar-refractivity contribution in [2.45, 2.75) is 0 Å². The number of anilines is 2. The summed E-state index contributed by atoms with van der Waals surface area (Å²) in [4.78, 5) is 0. The van der Waals surface area contributed by atoms with Crippen LogP contribution < -0.4 is 30.4 Å². The van der Waals surface area contributed by atoms with Gasteiger partial charge in [0.1, 0.15) is 5.75 Å². The second-order valence-corrected chi connectivity index (χ2v) is 6.21. The van der Waals surface area contributed by atoms with Crippen LogP contribution in [0.1, 0.15) is 0 Å². The highest BCUT2D eigenvalue weighted by Gasteiger charge is 2.08. The molecule has 3 aromatic rings. The van der Waals surface area contributed by atoms with Crippen LogP contribution in [-0.2, 0) is 0 Å². The molecule has 1 heterocycles. The van der Waals surface area contributed by atoms with E-state index in [4.69, 9.17) is 26.4 Å². The lowest BCUT2D eigenvalue weighted by Gasteiger charge is -2.12. The predicted octanol–water partition coefficient (Wildman–Crippen LogP) is 3.48. The third-order valence-corrected chi connectivity index (χ3v) is 4.20. The van der Waals surface area contributed by atoms with Gasteiger partial charge in [-0.15, -0.1) is 10.2 Å². The summed E-state index contributed by atoms with van der Waals surface area (Å²) in [6.45, 7) is 0. The average Bonchev–Trinajstić information content (AvgIpc) is 2.78. The fourth-order valence-corrected chi connectivity index (χ4v) is 2.67. The number of benzene rings is 2. The van der Waals surface area contributed by atoms with Crippen LogP contribution in [0.3, 0.4) is 0 Å². The molecule has 2 aromatic carbocycles. The molecule has 0 bridgehead atoms. The Labute approximate surface area is 174 Å². The zero-order chi connectivity index (χ0) is 20.6. The Morgan fingerprint density at radius 2 is 1.59 bits per heavy atom. The zero-order valence-electron chi connectivity index (χ0n) is 16.2. The van der Waals surface area contributed by atoms with Gasteiger partial charge in [0.2, 0.25) is 0 Å². The highest BCUT2D eigenvalue weighted by molar-refractivity contribution is 7.80. The van der Waals surface area contributed by atoms with Crippen molar-refractivity contribution in [1.82, 2.24) is 15.6 Å². The van der Waals surface area contributed by atoms with Crippen LogP contribution in [-0.4, -0.2) is 36.6 Å². The van der Waals surface area contributed by atoms with Gasteiger partial charge in [0.05, 0.1) is 27.0 Å². The summed E-state index contributed by atoms with van der Waals surface area (Å²) in [7, 11) is 4.81. The first-order valence-electron chi connectivity index (χ1n) is 8.66. The lowest BCUT2D eigenvalue weighted by atomic mass is 10.1. The third kappa shape index (κ3) is 5.23. The Kier molecular flexibility index (Phi) is 6.64. The minimum Gasteiger partial charge on any atom is -0.497 e. The van der Waals surface area contributed by atoms with Gasteiger partial charge in [0.15, 0.2) is 22.4 Å². The summed E-state index contributed by atoms with van der Waals surface area (Å²) in [6.07, 6.45) is 0. The van der Waals surface area contributed by atoms with Crippen molar-refractivity contribution >= 4 is 28.8 Å². The average molecular weight is 411 g/mol. The molecule has 0 atom stereocenters. The van der Waals surface area contributed by atoms with Crippen LogP contribution in [0, 0.1) is 0 Å². The molecule has 150 valence electrons. The van der Waals surface area contributed by atoms with E-state index in [1.54, 1.807) is 27.4 Å². The van der Waals surface area contributed by atoms with E-state index in [0.717, 1.165) is 17.0 Å². The molecule has 0 amide bonds. The molecular formula is C20H21N5O3S. The summed E-state index contributed by atoms with van der Waals surface area (Å²) in [5.41, 5.74) is 8.18. The van der Waals surface area contributed by atoms with Gasteiger partial charge in [-0.1, -0.05) is 0 Å². The fraction of sp³-hybridized carbons (Fsp3) is 0.150. The highest BCUT2D eigenvalue weighted by atomic mass is 32.1. The lowest BCUT2D eigenvalue weighted by Crippen LogP contribution is -2.33. The SMILES string of the molecule is COc1ccc(NC(=S)NNc2ccc(-c3ccc(OC)c(OC)c3)nn2)cc1. The monoisotopic (exact) mass is 411 g/mol. The van der Waals surface area contributed by atoms with Gasteiger partial charge < -0.3 is 19.5 Å². The number of hydrogen-bond acceptors (Lipinski definition) is 7. The van der Waals surface area contributed by atoms with Crippen molar-refractivity contribution in [3.8, 4) is 28.5 Å². The molecule has 8 nitrogen and oxygen atoms in total. The topological polar surface area (TPSA) is 89.6 Å². The quantitative estimate of drug-likeness (QED) is 0.399. The third-order valence-electron chi connectivity index (χ3n) is 4.00. The van der Waals surface area contributed by atoms with Crippen LogP contribution in [0.5, 0.6) is 17.2 Å². The molecule has 0 fully saturated rings. The van der Waals surface area contributed by atoms with Crippen molar-refractivity contribution in [2.75, 3.05) is 32.1 Å². The van der Waals surface area contributed by atoms with Crippen LogP contribution in [0.15, 0.2) is 54.6 Å². The first-order chi connectivity index (χ1) is 14.1.